The zero-order valence-corrected chi connectivity index (χ0v) is 10.6. The first-order chi connectivity index (χ1) is 7.39. The van der Waals surface area contributed by atoms with E-state index in [9.17, 15) is 8.42 Å². The fraction of sp³-hybridized carbons (Fsp3) is 0.667. The van der Waals surface area contributed by atoms with Crippen LogP contribution < -0.4 is 10.0 Å². The second-order valence-corrected chi connectivity index (χ2v) is 5.75. The van der Waals surface area contributed by atoms with Crippen LogP contribution in [0.3, 0.4) is 0 Å². The standard InChI is InChI=1S/C9H18N4O2S/c1-8(2)10-5-7-16(14,15)12-9-4-6-13(3)11-9/h4,6,8,10H,5,7H2,1-3H3,(H,11,12). The number of hydrogen-bond acceptors (Lipinski definition) is 4. The van der Waals surface area contributed by atoms with Crippen LogP contribution in [0.5, 0.6) is 0 Å². The zero-order chi connectivity index (χ0) is 12.2. The van der Waals surface area contributed by atoms with Gasteiger partial charge in [-0.15, -0.1) is 0 Å². The second-order valence-electron chi connectivity index (χ2n) is 3.90. The van der Waals surface area contributed by atoms with Crippen molar-refractivity contribution in [3.8, 4) is 0 Å². The van der Waals surface area contributed by atoms with Crippen LogP contribution in [0.25, 0.3) is 0 Å². The predicted molar refractivity (Wildman–Crippen MR) is 63.8 cm³/mol. The van der Waals surface area contributed by atoms with Gasteiger partial charge in [0.2, 0.25) is 10.0 Å². The molecule has 0 saturated carbocycles. The first-order valence-corrected chi connectivity index (χ1v) is 6.78. The van der Waals surface area contributed by atoms with Crippen molar-refractivity contribution in [3.63, 3.8) is 0 Å². The highest BCUT2D eigenvalue weighted by molar-refractivity contribution is 7.92. The third-order valence-corrected chi connectivity index (χ3v) is 3.16. The molecule has 0 aliphatic heterocycles. The fourth-order valence-corrected chi connectivity index (χ4v) is 2.08. The molecular weight excluding hydrogens is 228 g/mol. The van der Waals surface area contributed by atoms with Crippen LogP contribution in [0.15, 0.2) is 12.3 Å². The molecule has 0 aliphatic rings. The minimum absolute atomic E-state index is 0.0434. The van der Waals surface area contributed by atoms with Gasteiger partial charge in [0, 0.05) is 31.9 Å². The van der Waals surface area contributed by atoms with Crippen molar-refractivity contribution in [1.29, 1.82) is 0 Å². The maximum Gasteiger partial charge on any atom is 0.235 e. The number of nitrogens with zero attached hydrogens (tertiary/aromatic N) is 2. The highest BCUT2D eigenvalue weighted by atomic mass is 32.2. The van der Waals surface area contributed by atoms with Crippen LogP contribution >= 0.6 is 0 Å². The third kappa shape index (κ3) is 4.63. The average molecular weight is 246 g/mol. The number of anilines is 1. The Bertz CT molecular complexity index is 424. The van der Waals surface area contributed by atoms with Crippen molar-refractivity contribution in [2.24, 2.45) is 7.05 Å². The van der Waals surface area contributed by atoms with Gasteiger partial charge in [0.05, 0.1) is 5.75 Å². The quantitative estimate of drug-likeness (QED) is 0.749. The molecule has 6 nitrogen and oxygen atoms in total. The van der Waals surface area contributed by atoms with Gasteiger partial charge in [0.15, 0.2) is 5.82 Å². The molecule has 1 heterocycles. The summed E-state index contributed by atoms with van der Waals surface area (Å²) in [6, 6.07) is 1.90. The molecule has 0 bridgehead atoms. The van der Waals surface area contributed by atoms with Gasteiger partial charge >= 0.3 is 0 Å². The molecule has 0 aliphatic carbocycles. The summed E-state index contributed by atoms with van der Waals surface area (Å²) in [5, 5.41) is 6.99. The predicted octanol–water partition coefficient (Wildman–Crippen LogP) is 0.160. The van der Waals surface area contributed by atoms with Crippen LogP contribution in [-0.2, 0) is 17.1 Å². The summed E-state index contributed by atoms with van der Waals surface area (Å²) >= 11 is 0. The maximum atomic E-state index is 11.6. The van der Waals surface area contributed by atoms with E-state index in [4.69, 9.17) is 0 Å². The van der Waals surface area contributed by atoms with E-state index in [1.54, 1.807) is 24.0 Å². The molecule has 0 aromatic carbocycles. The van der Waals surface area contributed by atoms with Crippen LogP contribution in [0, 0.1) is 0 Å². The maximum absolute atomic E-state index is 11.6. The minimum Gasteiger partial charge on any atom is -0.313 e. The van der Waals surface area contributed by atoms with Crippen LogP contribution in [0.2, 0.25) is 0 Å². The fourth-order valence-electron chi connectivity index (χ4n) is 1.16. The second kappa shape index (κ2) is 5.31. The summed E-state index contributed by atoms with van der Waals surface area (Å²) in [7, 11) is -1.57. The largest absolute Gasteiger partial charge is 0.313 e. The SMILES string of the molecule is CC(C)NCCS(=O)(=O)Nc1ccn(C)n1. The Labute approximate surface area is 96.1 Å². The third-order valence-electron chi connectivity index (χ3n) is 1.90. The summed E-state index contributed by atoms with van der Waals surface area (Å²) in [4.78, 5) is 0. The number of nitrogens with one attached hydrogen (secondary N) is 2. The average Bonchev–Trinajstić information content (AvgIpc) is 2.48. The summed E-state index contributed by atoms with van der Waals surface area (Å²) in [5.41, 5.74) is 0. The minimum atomic E-state index is -3.31. The van der Waals surface area contributed by atoms with E-state index >= 15 is 0 Å². The van der Waals surface area contributed by atoms with Crippen LogP contribution in [0.1, 0.15) is 13.8 Å². The first kappa shape index (κ1) is 13.0. The Morgan fingerprint density at radius 3 is 2.69 bits per heavy atom. The summed E-state index contributed by atoms with van der Waals surface area (Å²) in [6.07, 6.45) is 1.68. The van der Waals surface area contributed by atoms with E-state index in [-0.39, 0.29) is 11.8 Å². The van der Waals surface area contributed by atoms with Crippen LogP contribution in [-0.4, -0.2) is 36.5 Å². The molecule has 0 atom stereocenters. The molecule has 1 aromatic heterocycles. The van der Waals surface area contributed by atoms with Crippen molar-refractivity contribution >= 4 is 15.8 Å². The molecule has 92 valence electrons. The molecule has 0 radical (unpaired) electrons. The van der Waals surface area contributed by atoms with Gasteiger partial charge in [-0.05, 0) is 0 Å². The molecular formula is C9H18N4O2S. The highest BCUT2D eigenvalue weighted by Gasteiger charge is 2.11. The topological polar surface area (TPSA) is 76.0 Å². The van der Waals surface area contributed by atoms with Crippen molar-refractivity contribution in [3.05, 3.63) is 12.3 Å². The van der Waals surface area contributed by atoms with E-state index in [0.717, 1.165) is 0 Å². The summed E-state index contributed by atoms with van der Waals surface area (Å²) in [5.74, 6) is 0.397. The molecule has 0 saturated heterocycles. The molecule has 7 heteroatoms. The van der Waals surface area contributed by atoms with E-state index < -0.39 is 10.0 Å². The number of aromatic nitrogens is 2. The number of aryl methyl sites for hydroxylation is 1. The van der Waals surface area contributed by atoms with Crippen molar-refractivity contribution < 1.29 is 8.42 Å². The van der Waals surface area contributed by atoms with Crippen molar-refractivity contribution in [1.82, 2.24) is 15.1 Å². The Kier molecular flexibility index (Phi) is 4.31. The first-order valence-electron chi connectivity index (χ1n) is 5.12. The molecule has 1 aromatic rings. The van der Waals surface area contributed by atoms with Crippen LogP contribution in [0.4, 0.5) is 5.82 Å². The van der Waals surface area contributed by atoms with Gasteiger partial charge in [-0.2, -0.15) is 5.10 Å². The lowest BCUT2D eigenvalue weighted by molar-refractivity contribution is 0.581. The molecule has 0 fully saturated rings. The van der Waals surface area contributed by atoms with Crippen molar-refractivity contribution in [2.45, 2.75) is 19.9 Å². The Morgan fingerprint density at radius 1 is 1.50 bits per heavy atom. The Balaban J connectivity index is 2.46. The van der Waals surface area contributed by atoms with E-state index in [0.29, 0.717) is 12.4 Å². The van der Waals surface area contributed by atoms with Crippen molar-refractivity contribution in [2.75, 3.05) is 17.0 Å². The molecule has 0 unspecified atom stereocenters. The smallest absolute Gasteiger partial charge is 0.235 e. The number of hydrogen-bond donors (Lipinski definition) is 2. The van der Waals surface area contributed by atoms with Gasteiger partial charge in [0.25, 0.3) is 0 Å². The molecule has 0 amide bonds. The van der Waals surface area contributed by atoms with E-state index in [2.05, 4.69) is 15.1 Å². The van der Waals surface area contributed by atoms with Gasteiger partial charge in [-0.3, -0.25) is 9.40 Å². The molecule has 16 heavy (non-hydrogen) atoms. The molecule has 1 rings (SSSR count). The Morgan fingerprint density at radius 2 is 2.19 bits per heavy atom. The van der Waals surface area contributed by atoms with Gasteiger partial charge in [-0.1, -0.05) is 13.8 Å². The normalized spacial score (nSPS) is 12.0. The molecule has 2 N–H and O–H groups in total. The molecule has 0 spiro atoms. The van der Waals surface area contributed by atoms with E-state index in [1.165, 1.54) is 0 Å². The number of sulfonamides is 1. The Hall–Kier alpha value is -1.08. The lowest BCUT2D eigenvalue weighted by atomic mass is 10.4. The zero-order valence-electron chi connectivity index (χ0n) is 9.77. The van der Waals surface area contributed by atoms with Gasteiger partial charge in [-0.25, -0.2) is 8.42 Å². The van der Waals surface area contributed by atoms with E-state index in [1.807, 2.05) is 13.8 Å². The van der Waals surface area contributed by atoms with Gasteiger partial charge < -0.3 is 5.32 Å². The highest BCUT2D eigenvalue weighted by Crippen LogP contribution is 2.04. The lowest BCUT2D eigenvalue weighted by Crippen LogP contribution is -2.31. The summed E-state index contributed by atoms with van der Waals surface area (Å²) < 4.78 is 27.1. The van der Waals surface area contributed by atoms with Gasteiger partial charge in [0.1, 0.15) is 0 Å². The number of rotatable bonds is 6. The summed E-state index contributed by atoms with van der Waals surface area (Å²) in [6.45, 7) is 4.37. The monoisotopic (exact) mass is 246 g/mol. The lowest BCUT2D eigenvalue weighted by Gasteiger charge is -2.08.